The zero-order chi connectivity index (χ0) is 22.0. The summed E-state index contributed by atoms with van der Waals surface area (Å²) in [6.07, 6.45) is 7.68. The molecule has 3 rings (SSSR count). The predicted molar refractivity (Wildman–Crippen MR) is 103 cm³/mol. The van der Waals surface area contributed by atoms with E-state index < -0.39 is 46.2 Å². The van der Waals surface area contributed by atoms with Gasteiger partial charge >= 0.3 is 5.97 Å². The molecule has 30 heavy (non-hydrogen) atoms. The molecule has 0 saturated heterocycles. The lowest BCUT2D eigenvalue weighted by Gasteiger charge is -2.30. The molecular weight excluding hydrogens is 403 g/mol. The smallest absolute Gasteiger partial charge is 0.341 e. The highest BCUT2D eigenvalue weighted by atomic mass is 19.2. The SMILES string of the molecule is C/C=C/C[C@H]1CC[C@H](c2cc(F)c(C(=O)O)c(F)c2-c2cc(F)c(F)c(F)c2)CC1. The molecule has 1 aliphatic carbocycles. The molecule has 1 saturated carbocycles. The molecule has 2 aromatic carbocycles. The molecule has 160 valence electrons. The molecule has 0 bridgehead atoms. The van der Waals surface area contributed by atoms with Crippen molar-refractivity contribution in [1.82, 2.24) is 0 Å². The molecule has 0 amide bonds. The van der Waals surface area contributed by atoms with Crippen molar-refractivity contribution in [3.8, 4) is 11.1 Å². The number of carboxylic acids is 1. The summed E-state index contributed by atoms with van der Waals surface area (Å²) in [5.41, 5.74) is -1.83. The normalized spacial score (nSPS) is 19.4. The maximum atomic E-state index is 15.1. The van der Waals surface area contributed by atoms with E-state index in [0.717, 1.165) is 25.3 Å². The standard InChI is InChI=1S/C23H21F5O2/c1-2-3-4-12-5-7-13(8-6-12)15-11-16(24)20(23(29)30)22(28)19(15)14-9-17(25)21(27)18(26)10-14/h2-3,9-13H,4-8H2,1H3,(H,29,30)/b3-2+/t12-,13-. The predicted octanol–water partition coefficient (Wildman–Crippen LogP) is 6.99. The Morgan fingerprint density at radius 1 is 0.967 bits per heavy atom. The highest BCUT2D eigenvalue weighted by Crippen LogP contribution is 2.43. The summed E-state index contributed by atoms with van der Waals surface area (Å²) in [4.78, 5) is 11.4. The first-order chi connectivity index (χ1) is 14.2. The molecule has 0 radical (unpaired) electrons. The van der Waals surface area contributed by atoms with Crippen molar-refractivity contribution in [2.24, 2.45) is 5.92 Å². The number of aromatic carboxylic acids is 1. The second-order valence-electron chi connectivity index (χ2n) is 7.59. The highest BCUT2D eigenvalue weighted by Gasteiger charge is 2.30. The van der Waals surface area contributed by atoms with Crippen LogP contribution in [0.3, 0.4) is 0 Å². The van der Waals surface area contributed by atoms with Gasteiger partial charge in [0.15, 0.2) is 17.5 Å². The molecule has 2 nitrogen and oxygen atoms in total. The molecule has 0 heterocycles. The molecule has 7 heteroatoms. The number of halogens is 5. The van der Waals surface area contributed by atoms with Crippen LogP contribution in [0.4, 0.5) is 22.0 Å². The van der Waals surface area contributed by atoms with Crippen LogP contribution in [-0.2, 0) is 0 Å². The third-order valence-electron chi connectivity index (χ3n) is 5.73. The lowest BCUT2D eigenvalue weighted by Crippen LogP contribution is -2.16. The molecule has 1 fully saturated rings. The third-order valence-corrected chi connectivity index (χ3v) is 5.73. The quantitative estimate of drug-likeness (QED) is 0.319. The number of carboxylic acid groups (broad SMARTS) is 1. The molecule has 0 spiro atoms. The van der Waals surface area contributed by atoms with E-state index in [-0.39, 0.29) is 17.0 Å². The summed E-state index contributed by atoms with van der Waals surface area (Å²) in [6.45, 7) is 1.93. The van der Waals surface area contributed by atoms with Crippen LogP contribution in [0.25, 0.3) is 11.1 Å². The Morgan fingerprint density at radius 3 is 2.10 bits per heavy atom. The van der Waals surface area contributed by atoms with Gasteiger partial charge in [0, 0.05) is 5.56 Å². The zero-order valence-electron chi connectivity index (χ0n) is 16.3. The van der Waals surface area contributed by atoms with Gasteiger partial charge in [-0.05, 0) is 80.2 Å². The Kier molecular flexibility index (Phi) is 6.58. The second kappa shape index (κ2) is 8.98. The lowest BCUT2D eigenvalue weighted by molar-refractivity contribution is 0.0686. The number of hydrogen-bond donors (Lipinski definition) is 1. The van der Waals surface area contributed by atoms with E-state index in [2.05, 4.69) is 6.08 Å². The van der Waals surface area contributed by atoms with E-state index in [1.54, 1.807) is 0 Å². The summed E-state index contributed by atoms with van der Waals surface area (Å²) < 4.78 is 70.6. The summed E-state index contributed by atoms with van der Waals surface area (Å²) in [6, 6.07) is 2.13. The maximum Gasteiger partial charge on any atom is 0.341 e. The maximum absolute atomic E-state index is 15.1. The average Bonchev–Trinajstić information content (AvgIpc) is 2.69. The van der Waals surface area contributed by atoms with Gasteiger partial charge < -0.3 is 5.11 Å². The van der Waals surface area contributed by atoms with Crippen molar-refractivity contribution in [2.45, 2.75) is 44.9 Å². The van der Waals surface area contributed by atoms with E-state index in [9.17, 15) is 27.5 Å². The van der Waals surface area contributed by atoms with Crippen molar-refractivity contribution >= 4 is 5.97 Å². The van der Waals surface area contributed by atoms with Crippen LogP contribution in [-0.4, -0.2) is 11.1 Å². The van der Waals surface area contributed by atoms with Gasteiger partial charge in [0.2, 0.25) is 0 Å². The summed E-state index contributed by atoms with van der Waals surface area (Å²) in [5, 5.41) is 9.19. The van der Waals surface area contributed by atoms with E-state index in [1.807, 2.05) is 13.0 Å². The largest absolute Gasteiger partial charge is 0.477 e. The van der Waals surface area contributed by atoms with Crippen molar-refractivity contribution in [3.05, 3.63) is 70.6 Å². The molecule has 0 aromatic heterocycles. The van der Waals surface area contributed by atoms with Crippen molar-refractivity contribution in [2.75, 3.05) is 0 Å². The minimum atomic E-state index is -1.84. The number of hydrogen-bond acceptors (Lipinski definition) is 1. The van der Waals surface area contributed by atoms with Gasteiger partial charge in [-0.15, -0.1) is 0 Å². The summed E-state index contributed by atoms with van der Waals surface area (Å²) >= 11 is 0. The van der Waals surface area contributed by atoms with Crippen molar-refractivity contribution in [3.63, 3.8) is 0 Å². The van der Waals surface area contributed by atoms with Crippen LogP contribution in [0.1, 0.15) is 60.9 Å². The van der Waals surface area contributed by atoms with Gasteiger partial charge in [-0.2, -0.15) is 0 Å². The Bertz CT molecular complexity index is 969. The minimum absolute atomic E-state index is 0.143. The van der Waals surface area contributed by atoms with Crippen LogP contribution in [0.15, 0.2) is 30.4 Å². The number of allylic oxidation sites excluding steroid dienone is 2. The van der Waals surface area contributed by atoms with Gasteiger partial charge in [-0.3, -0.25) is 0 Å². The van der Waals surface area contributed by atoms with Crippen molar-refractivity contribution in [1.29, 1.82) is 0 Å². The second-order valence-corrected chi connectivity index (χ2v) is 7.59. The Balaban J connectivity index is 2.11. The number of rotatable bonds is 5. The first-order valence-electron chi connectivity index (χ1n) is 9.75. The fourth-order valence-electron chi connectivity index (χ4n) is 4.19. The number of carbonyl (C=O) groups is 1. The van der Waals surface area contributed by atoms with Crippen LogP contribution < -0.4 is 0 Å². The van der Waals surface area contributed by atoms with Crippen LogP contribution in [0.2, 0.25) is 0 Å². The Hall–Kier alpha value is -2.70. The number of benzene rings is 2. The Morgan fingerprint density at radius 2 is 1.57 bits per heavy atom. The fraction of sp³-hybridized carbons (Fsp3) is 0.348. The fourth-order valence-corrected chi connectivity index (χ4v) is 4.19. The Labute approximate surface area is 171 Å². The van der Waals surface area contributed by atoms with Gasteiger partial charge in [-0.1, -0.05) is 12.2 Å². The monoisotopic (exact) mass is 424 g/mol. The molecule has 2 aromatic rings. The minimum Gasteiger partial charge on any atom is -0.477 e. The van der Waals surface area contributed by atoms with Crippen LogP contribution in [0.5, 0.6) is 0 Å². The summed E-state index contributed by atoms with van der Waals surface area (Å²) in [5.74, 6) is -9.18. The summed E-state index contributed by atoms with van der Waals surface area (Å²) in [7, 11) is 0. The van der Waals surface area contributed by atoms with Gasteiger partial charge in [0.05, 0.1) is 0 Å². The zero-order valence-corrected chi connectivity index (χ0v) is 16.3. The first kappa shape index (κ1) is 22.0. The molecule has 0 aliphatic heterocycles. The molecular formula is C23H21F5O2. The highest BCUT2D eigenvalue weighted by molar-refractivity contribution is 5.91. The van der Waals surface area contributed by atoms with Crippen molar-refractivity contribution < 1.29 is 31.9 Å². The van der Waals surface area contributed by atoms with Gasteiger partial charge in [0.25, 0.3) is 0 Å². The molecule has 0 atom stereocenters. The molecule has 1 aliphatic rings. The van der Waals surface area contributed by atoms with E-state index in [4.69, 9.17) is 0 Å². The topological polar surface area (TPSA) is 37.3 Å². The molecule has 0 unspecified atom stereocenters. The van der Waals surface area contributed by atoms with Gasteiger partial charge in [0.1, 0.15) is 17.2 Å². The van der Waals surface area contributed by atoms with E-state index in [0.29, 0.717) is 30.9 Å². The van der Waals surface area contributed by atoms with E-state index >= 15 is 4.39 Å². The van der Waals surface area contributed by atoms with Gasteiger partial charge in [-0.25, -0.2) is 26.7 Å². The first-order valence-corrected chi connectivity index (χ1v) is 9.75. The van der Waals surface area contributed by atoms with E-state index in [1.165, 1.54) is 0 Å². The lowest BCUT2D eigenvalue weighted by atomic mass is 9.75. The molecule has 1 N–H and O–H groups in total. The average molecular weight is 424 g/mol. The van der Waals surface area contributed by atoms with Crippen LogP contribution in [0, 0.1) is 35.0 Å². The van der Waals surface area contributed by atoms with Crippen LogP contribution >= 0.6 is 0 Å². The third kappa shape index (κ3) is 4.25.